The summed E-state index contributed by atoms with van der Waals surface area (Å²) in [5.41, 5.74) is 0.00678. The zero-order chi connectivity index (χ0) is 12.3. The van der Waals surface area contributed by atoms with Gasteiger partial charge >= 0.3 is 6.36 Å². The lowest BCUT2D eigenvalue weighted by molar-refractivity contribution is -0.275. The highest BCUT2D eigenvalue weighted by Crippen LogP contribution is 2.33. The van der Waals surface area contributed by atoms with E-state index >= 15 is 0 Å². The molecule has 1 radical (unpaired) electrons. The van der Waals surface area contributed by atoms with Crippen molar-refractivity contribution in [3.63, 3.8) is 0 Å². The molecule has 5 heteroatoms. The number of rotatable bonds is 3. The largest absolute Gasteiger partial charge is 0.573 e. The second-order valence-electron chi connectivity index (χ2n) is 3.05. The molecule has 0 saturated carbocycles. The molecular formula is C11H9F4O. The molecule has 0 aliphatic heterocycles. The minimum absolute atomic E-state index is 0.00678. The number of allylic oxidation sites excluding steroid dienone is 1. The number of hydrogen-bond donors (Lipinski definition) is 0. The molecule has 0 bridgehead atoms. The van der Waals surface area contributed by atoms with Crippen molar-refractivity contribution in [3.8, 4) is 5.75 Å². The van der Waals surface area contributed by atoms with Gasteiger partial charge in [-0.15, -0.1) is 19.8 Å². The summed E-state index contributed by atoms with van der Waals surface area (Å²) < 4.78 is 52.9. The molecule has 0 amide bonds. The number of alkyl halides is 3. The minimum Gasteiger partial charge on any atom is -0.402 e. The number of halogens is 4. The summed E-state index contributed by atoms with van der Waals surface area (Å²) in [4.78, 5) is 0. The molecular weight excluding hydrogens is 224 g/mol. The summed E-state index contributed by atoms with van der Waals surface area (Å²) >= 11 is 0. The van der Waals surface area contributed by atoms with Crippen LogP contribution in [0.3, 0.4) is 0 Å². The molecule has 0 heterocycles. The molecule has 0 aliphatic rings. The molecule has 1 aromatic carbocycles. The van der Waals surface area contributed by atoms with Crippen LogP contribution in [0.5, 0.6) is 5.75 Å². The van der Waals surface area contributed by atoms with E-state index in [-0.39, 0.29) is 5.56 Å². The molecule has 1 nitrogen and oxygen atoms in total. The summed E-state index contributed by atoms with van der Waals surface area (Å²) in [6.07, 6.45) is -3.63. The first-order chi connectivity index (χ1) is 7.35. The quantitative estimate of drug-likeness (QED) is 0.569. The van der Waals surface area contributed by atoms with Gasteiger partial charge in [-0.3, -0.25) is 0 Å². The van der Waals surface area contributed by atoms with Gasteiger partial charge in [0.05, 0.1) is 0 Å². The van der Waals surface area contributed by atoms with Crippen molar-refractivity contribution in [1.82, 2.24) is 0 Å². The monoisotopic (exact) mass is 233 g/mol. The average molecular weight is 233 g/mol. The average Bonchev–Trinajstić information content (AvgIpc) is 2.18. The molecule has 1 rings (SSSR count). The van der Waals surface area contributed by atoms with E-state index < -0.39 is 23.8 Å². The van der Waals surface area contributed by atoms with Crippen molar-refractivity contribution in [2.75, 3.05) is 0 Å². The van der Waals surface area contributed by atoms with E-state index in [9.17, 15) is 17.6 Å². The van der Waals surface area contributed by atoms with E-state index in [1.807, 2.05) is 0 Å². The van der Waals surface area contributed by atoms with Crippen LogP contribution >= 0.6 is 0 Å². The summed E-state index contributed by atoms with van der Waals surface area (Å²) in [6, 6.07) is 3.49. The Labute approximate surface area is 90.3 Å². The first kappa shape index (κ1) is 12.5. The third-order valence-electron chi connectivity index (χ3n) is 1.90. The second kappa shape index (κ2) is 4.55. The van der Waals surface area contributed by atoms with Crippen LogP contribution in [0.2, 0.25) is 0 Å². The maximum atomic E-state index is 13.2. The standard InChI is InChI=1S/C11H9F4O/c1-3-7(2)8-5-4-6-9(12)10(8)16-11(13,14)15/h3-7H,1-2H2. The van der Waals surface area contributed by atoms with E-state index in [2.05, 4.69) is 18.2 Å². The molecule has 1 atom stereocenters. The Morgan fingerprint density at radius 2 is 1.94 bits per heavy atom. The highest BCUT2D eigenvalue weighted by Gasteiger charge is 2.33. The van der Waals surface area contributed by atoms with Crippen LogP contribution in [-0.4, -0.2) is 6.36 Å². The van der Waals surface area contributed by atoms with Crippen LogP contribution < -0.4 is 4.74 Å². The van der Waals surface area contributed by atoms with Crippen LogP contribution in [0.15, 0.2) is 30.9 Å². The van der Waals surface area contributed by atoms with Crippen LogP contribution in [0.4, 0.5) is 17.6 Å². The fraction of sp³-hybridized carbons (Fsp3) is 0.182. The Morgan fingerprint density at radius 1 is 1.31 bits per heavy atom. The topological polar surface area (TPSA) is 9.23 Å². The number of hydrogen-bond acceptors (Lipinski definition) is 1. The fourth-order valence-corrected chi connectivity index (χ4v) is 1.17. The lowest BCUT2D eigenvalue weighted by atomic mass is 10.0. The zero-order valence-electron chi connectivity index (χ0n) is 8.22. The van der Waals surface area contributed by atoms with Crippen molar-refractivity contribution in [2.24, 2.45) is 0 Å². The molecule has 0 aromatic heterocycles. The maximum Gasteiger partial charge on any atom is 0.573 e. The smallest absolute Gasteiger partial charge is 0.402 e. The van der Waals surface area contributed by atoms with E-state index in [4.69, 9.17) is 0 Å². The van der Waals surface area contributed by atoms with Crippen molar-refractivity contribution in [1.29, 1.82) is 0 Å². The van der Waals surface area contributed by atoms with Crippen LogP contribution in [0.25, 0.3) is 0 Å². The van der Waals surface area contributed by atoms with E-state index in [1.54, 1.807) is 0 Å². The van der Waals surface area contributed by atoms with Crippen LogP contribution in [-0.2, 0) is 0 Å². The van der Waals surface area contributed by atoms with Gasteiger partial charge in [-0.2, -0.15) is 0 Å². The van der Waals surface area contributed by atoms with Crippen molar-refractivity contribution in [2.45, 2.75) is 12.3 Å². The highest BCUT2D eigenvalue weighted by atomic mass is 19.4. The molecule has 1 aromatic rings. The number of benzene rings is 1. The third-order valence-corrected chi connectivity index (χ3v) is 1.90. The van der Waals surface area contributed by atoms with Gasteiger partial charge in [0.15, 0.2) is 11.6 Å². The molecule has 0 spiro atoms. The minimum atomic E-state index is -4.93. The van der Waals surface area contributed by atoms with Crippen molar-refractivity contribution in [3.05, 3.63) is 49.2 Å². The van der Waals surface area contributed by atoms with Gasteiger partial charge in [0.2, 0.25) is 0 Å². The maximum absolute atomic E-state index is 13.2. The molecule has 0 N–H and O–H groups in total. The number of para-hydroxylation sites is 1. The molecule has 16 heavy (non-hydrogen) atoms. The predicted molar refractivity (Wildman–Crippen MR) is 51.4 cm³/mol. The van der Waals surface area contributed by atoms with E-state index in [0.717, 1.165) is 6.07 Å². The summed E-state index contributed by atoms with van der Waals surface area (Å²) in [5.74, 6) is -2.60. The first-order valence-electron chi connectivity index (χ1n) is 4.35. The summed E-state index contributed by atoms with van der Waals surface area (Å²) in [7, 11) is 0. The van der Waals surface area contributed by atoms with Crippen LogP contribution in [0, 0.1) is 12.7 Å². The van der Waals surface area contributed by atoms with Gasteiger partial charge < -0.3 is 4.74 Å². The van der Waals surface area contributed by atoms with Gasteiger partial charge in [-0.05, 0) is 13.0 Å². The van der Waals surface area contributed by atoms with Crippen molar-refractivity contribution >= 4 is 0 Å². The Kier molecular flexibility index (Phi) is 3.57. The van der Waals surface area contributed by atoms with Gasteiger partial charge in [-0.25, -0.2) is 4.39 Å². The lowest BCUT2D eigenvalue weighted by Gasteiger charge is -2.16. The Balaban J connectivity index is 3.18. The molecule has 0 saturated heterocycles. The molecule has 0 aliphatic carbocycles. The van der Waals surface area contributed by atoms with Crippen LogP contribution in [0.1, 0.15) is 11.5 Å². The van der Waals surface area contributed by atoms with Crippen molar-refractivity contribution < 1.29 is 22.3 Å². The molecule has 87 valence electrons. The second-order valence-corrected chi connectivity index (χ2v) is 3.05. The Bertz CT molecular complexity index is 384. The Morgan fingerprint density at radius 3 is 2.44 bits per heavy atom. The third kappa shape index (κ3) is 2.98. The van der Waals surface area contributed by atoms with Gasteiger partial charge in [0.1, 0.15) is 0 Å². The molecule has 1 unspecified atom stereocenters. The fourth-order valence-electron chi connectivity index (χ4n) is 1.17. The van der Waals surface area contributed by atoms with Gasteiger partial charge in [-0.1, -0.05) is 18.2 Å². The van der Waals surface area contributed by atoms with E-state index in [0.29, 0.717) is 0 Å². The summed E-state index contributed by atoms with van der Waals surface area (Å²) in [6.45, 7) is 6.91. The summed E-state index contributed by atoms with van der Waals surface area (Å²) in [5, 5.41) is 0. The number of ether oxygens (including phenoxy) is 1. The normalized spacial score (nSPS) is 13.3. The van der Waals surface area contributed by atoms with Gasteiger partial charge in [0.25, 0.3) is 0 Å². The van der Waals surface area contributed by atoms with Gasteiger partial charge in [0, 0.05) is 11.5 Å². The van der Waals surface area contributed by atoms with E-state index in [1.165, 1.54) is 18.2 Å². The molecule has 0 fully saturated rings. The Hall–Kier alpha value is -1.52. The zero-order valence-corrected chi connectivity index (χ0v) is 8.22. The SMILES string of the molecule is [CH2]C(C=C)c1cccc(F)c1OC(F)(F)F. The highest BCUT2D eigenvalue weighted by molar-refractivity contribution is 5.40. The first-order valence-corrected chi connectivity index (χ1v) is 4.35. The predicted octanol–water partition coefficient (Wildman–Crippen LogP) is 3.83. The lowest BCUT2D eigenvalue weighted by Crippen LogP contribution is -2.19.